The van der Waals surface area contributed by atoms with Crippen molar-refractivity contribution in [3.05, 3.63) is 82.9 Å². The lowest BCUT2D eigenvalue weighted by Crippen LogP contribution is -2.14. The third-order valence-electron chi connectivity index (χ3n) is 3.56. The maximum atomic E-state index is 12.1. The second-order valence-corrected chi connectivity index (χ2v) is 6.14. The second kappa shape index (κ2) is 5.85. The van der Waals surface area contributed by atoms with Crippen LogP contribution in [0.2, 0.25) is 0 Å². The number of hydrogen-bond acceptors (Lipinski definition) is 4. The Labute approximate surface area is 136 Å². The predicted molar refractivity (Wildman–Crippen MR) is 92.8 cm³/mol. The summed E-state index contributed by atoms with van der Waals surface area (Å²) in [6.07, 6.45) is 1.73. The normalized spacial score (nSPS) is 11.1. The first-order chi connectivity index (χ1) is 11.3. The number of hydrogen-bond donors (Lipinski definition) is 0. The van der Waals surface area contributed by atoms with E-state index in [1.165, 1.54) is 0 Å². The number of nitrogens with zero attached hydrogens (tertiary/aromatic N) is 3. The number of rotatable bonds is 3. The number of benzene rings is 1. The predicted octanol–water partition coefficient (Wildman–Crippen LogP) is 3.54. The summed E-state index contributed by atoms with van der Waals surface area (Å²) in [5.41, 5.74) is 2.35. The average Bonchev–Trinajstić information content (AvgIpc) is 2.60. The molecule has 0 saturated heterocycles. The molecule has 0 saturated carbocycles. The van der Waals surface area contributed by atoms with Gasteiger partial charge in [-0.2, -0.15) is 0 Å². The zero-order valence-electron chi connectivity index (χ0n) is 12.2. The van der Waals surface area contributed by atoms with Gasteiger partial charge in [0, 0.05) is 23.4 Å². The van der Waals surface area contributed by atoms with Crippen LogP contribution in [0.5, 0.6) is 0 Å². The van der Waals surface area contributed by atoms with Crippen molar-refractivity contribution in [3.8, 4) is 0 Å². The van der Waals surface area contributed by atoms with Crippen LogP contribution in [0.25, 0.3) is 16.6 Å². The first-order valence-corrected chi connectivity index (χ1v) is 8.24. The largest absolute Gasteiger partial charge is 0.269 e. The lowest BCUT2D eigenvalue weighted by Gasteiger charge is -2.04. The van der Waals surface area contributed by atoms with Gasteiger partial charge < -0.3 is 0 Å². The molecule has 0 aliphatic carbocycles. The number of fused-ring (bicyclic) bond motifs is 2. The zero-order chi connectivity index (χ0) is 15.6. The van der Waals surface area contributed by atoms with Crippen LogP contribution >= 0.6 is 11.8 Å². The van der Waals surface area contributed by atoms with Gasteiger partial charge in [-0.3, -0.25) is 9.20 Å². The minimum absolute atomic E-state index is 0.0577. The van der Waals surface area contributed by atoms with Crippen molar-refractivity contribution < 1.29 is 0 Å². The summed E-state index contributed by atoms with van der Waals surface area (Å²) in [6, 6.07) is 19.2. The number of pyridine rings is 2. The molecule has 0 aliphatic rings. The van der Waals surface area contributed by atoms with Gasteiger partial charge >= 0.3 is 0 Å². The Morgan fingerprint density at radius 3 is 2.78 bits per heavy atom. The summed E-state index contributed by atoms with van der Waals surface area (Å²) in [5.74, 6) is 0.617. The van der Waals surface area contributed by atoms with Gasteiger partial charge in [0.1, 0.15) is 5.65 Å². The molecule has 23 heavy (non-hydrogen) atoms. The van der Waals surface area contributed by atoms with Crippen LogP contribution in [0, 0.1) is 0 Å². The van der Waals surface area contributed by atoms with Gasteiger partial charge in [-0.25, -0.2) is 9.97 Å². The van der Waals surface area contributed by atoms with Crippen LogP contribution in [-0.4, -0.2) is 14.4 Å². The molecule has 0 spiro atoms. The third kappa shape index (κ3) is 2.83. The van der Waals surface area contributed by atoms with Gasteiger partial charge in [0.2, 0.25) is 0 Å². The number of thioether (sulfide) groups is 1. The topological polar surface area (TPSA) is 47.3 Å². The number of aromatic nitrogens is 3. The zero-order valence-corrected chi connectivity index (χ0v) is 13.0. The third-order valence-corrected chi connectivity index (χ3v) is 4.53. The van der Waals surface area contributed by atoms with E-state index in [2.05, 4.69) is 16.0 Å². The molecule has 5 heteroatoms. The highest BCUT2D eigenvalue weighted by atomic mass is 32.2. The van der Waals surface area contributed by atoms with E-state index in [1.807, 2.05) is 48.5 Å². The monoisotopic (exact) mass is 319 g/mol. The summed E-state index contributed by atoms with van der Waals surface area (Å²) in [7, 11) is 0. The SMILES string of the molecule is O=c1cc(CSc2ccc3ccccc3n2)nc2ccccn12. The molecular formula is C18H13N3OS. The van der Waals surface area contributed by atoms with E-state index in [1.54, 1.807) is 28.4 Å². The Kier molecular flexibility index (Phi) is 3.55. The molecule has 0 radical (unpaired) electrons. The lowest BCUT2D eigenvalue weighted by molar-refractivity contribution is 1.01. The van der Waals surface area contributed by atoms with Crippen molar-refractivity contribution in [1.29, 1.82) is 0 Å². The quantitative estimate of drug-likeness (QED) is 0.542. The highest BCUT2D eigenvalue weighted by molar-refractivity contribution is 7.98. The van der Waals surface area contributed by atoms with Crippen LogP contribution < -0.4 is 5.56 Å². The van der Waals surface area contributed by atoms with Crippen molar-refractivity contribution >= 4 is 28.3 Å². The van der Waals surface area contributed by atoms with Crippen molar-refractivity contribution in [2.24, 2.45) is 0 Å². The van der Waals surface area contributed by atoms with Crippen LogP contribution in [0.1, 0.15) is 5.69 Å². The summed E-state index contributed by atoms with van der Waals surface area (Å²) in [6.45, 7) is 0. The Morgan fingerprint density at radius 1 is 0.957 bits per heavy atom. The highest BCUT2D eigenvalue weighted by Gasteiger charge is 2.04. The van der Waals surface area contributed by atoms with Gasteiger partial charge in [-0.15, -0.1) is 11.8 Å². The first-order valence-electron chi connectivity index (χ1n) is 7.25. The summed E-state index contributed by atoms with van der Waals surface area (Å²) >= 11 is 1.58. The van der Waals surface area contributed by atoms with Gasteiger partial charge in [-0.05, 0) is 24.3 Å². The van der Waals surface area contributed by atoms with E-state index in [4.69, 9.17) is 0 Å². The molecule has 112 valence electrons. The molecular weight excluding hydrogens is 306 g/mol. The molecule has 0 unspecified atom stereocenters. The molecule has 3 heterocycles. The average molecular weight is 319 g/mol. The van der Waals surface area contributed by atoms with Gasteiger partial charge in [0.15, 0.2) is 0 Å². The molecule has 0 aliphatic heterocycles. The minimum Gasteiger partial charge on any atom is -0.269 e. The molecule has 3 aromatic heterocycles. The molecule has 4 aromatic rings. The Balaban J connectivity index is 1.61. The summed E-state index contributed by atoms with van der Waals surface area (Å²) in [4.78, 5) is 21.2. The van der Waals surface area contributed by atoms with Gasteiger partial charge in [-0.1, -0.05) is 30.3 Å². The van der Waals surface area contributed by atoms with Crippen LogP contribution in [0.15, 0.2) is 76.7 Å². The summed E-state index contributed by atoms with van der Waals surface area (Å²) in [5, 5.41) is 2.05. The van der Waals surface area contributed by atoms with E-state index < -0.39 is 0 Å². The van der Waals surface area contributed by atoms with E-state index in [9.17, 15) is 4.79 Å². The molecule has 0 amide bonds. The van der Waals surface area contributed by atoms with E-state index in [-0.39, 0.29) is 5.56 Å². The van der Waals surface area contributed by atoms with E-state index >= 15 is 0 Å². The molecule has 0 fully saturated rings. The first kappa shape index (κ1) is 14.0. The molecule has 4 nitrogen and oxygen atoms in total. The Morgan fingerprint density at radius 2 is 1.83 bits per heavy atom. The maximum absolute atomic E-state index is 12.1. The lowest BCUT2D eigenvalue weighted by atomic mass is 10.2. The maximum Gasteiger partial charge on any atom is 0.258 e. The standard InChI is InChI=1S/C18H13N3OS/c22-18-11-14(19-16-7-3-4-10-21(16)18)12-23-17-9-8-13-5-1-2-6-15(13)20-17/h1-11H,12H2. The Bertz CT molecular complexity index is 1060. The molecule has 0 N–H and O–H groups in total. The van der Waals surface area contributed by atoms with Gasteiger partial charge in [0.25, 0.3) is 5.56 Å². The fourth-order valence-electron chi connectivity index (χ4n) is 2.45. The molecule has 4 rings (SSSR count). The fourth-order valence-corrected chi connectivity index (χ4v) is 3.22. The fraction of sp³-hybridized carbons (Fsp3) is 0.0556. The van der Waals surface area contributed by atoms with Crippen molar-refractivity contribution in [2.75, 3.05) is 0 Å². The Hall–Kier alpha value is -2.66. The number of para-hydroxylation sites is 1. The van der Waals surface area contributed by atoms with Crippen LogP contribution in [0.4, 0.5) is 0 Å². The van der Waals surface area contributed by atoms with Crippen LogP contribution in [-0.2, 0) is 5.75 Å². The highest BCUT2D eigenvalue weighted by Crippen LogP contribution is 2.22. The van der Waals surface area contributed by atoms with Crippen molar-refractivity contribution in [2.45, 2.75) is 10.8 Å². The molecule has 0 atom stereocenters. The molecule has 1 aromatic carbocycles. The van der Waals surface area contributed by atoms with Crippen LogP contribution in [0.3, 0.4) is 0 Å². The van der Waals surface area contributed by atoms with E-state index in [0.29, 0.717) is 11.4 Å². The van der Waals surface area contributed by atoms with E-state index in [0.717, 1.165) is 21.6 Å². The van der Waals surface area contributed by atoms with Crippen molar-refractivity contribution in [3.63, 3.8) is 0 Å². The molecule has 0 bridgehead atoms. The minimum atomic E-state index is -0.0577. The summed E-state index contributed by atoms with van der Waals surface area (Å²) < 4.78 is 1.54. The smallest absolute Gasteiger partial charge is 0.258 e. The second-order valence-electron chi connectivity index (χ2n) is 5.15. The van der Waals surface area contributed by atoms with Gasteiger partial charge in [0.05, 0.1) is 16.2 Å². The van der Waals surface area contributed by atoms with Crippen molar-refractivity contribution in [1.82, 2.24) is 14.4 Å².